The van der Waals surface area contributed by atoms with Gasteiger partial charge in [0, 0.05) is 20.1 Å². The average molecular weight is 247 g/mol. The number of hydrogen-bond donors (Lipinski definition) is 0. The summed E-state index contributed by atoms with van der Waals surface area (Å²) in [6.45, 7) is 6.60. The average Bonchev–Trinajstić information content (AvgIpc) is 2.70. The molecule has 6 heteroatoms. The third-order valence-electron chi connectivity index (χ3n) is 3.23. The van der Waals surface area contributed by atoms with E-state index in [4.69, 9.17) is 4.74 Å². The Morgan fingerprint density at radius 1 is 1.33 bits per heavy atom. The smallest absolute Gasteiger partial charge is 0.163 e. The quantitative estimate of drug-likeness (QED) is 0.752. The standard InChI is InChI=1S/C12H17N5O/c1-12(2)7-17(4-5-18-12)11-9-6-15-16(3)10(9)13-8-14-11/h6,8H,4-5,7H2,1-3H3. The second-order valence-electron chi connectivity index (χ2n) is 5.23. The maximum Gasteiger partial charge on any atom is 0.163 e. The summed E-state index contributed by atoms with van der Waals surface area (Å²) in [5.41, 5.74) is 0.724. The summed E-state index contributed by atoms with van der Waals surface area (Å²) in [6, 6.07) is 0. The van der Waals surface area contributed by atoms with Crippen LogP contribution in [0.5, 0.6) is 0 Å². The van der Waals surface area contributed by atoms with Crippen molar-refractivity contribution in [2.24, 2.45) is 7.05 Å². The van der Waals surface area contributed by atoms with E-state index in [1.807, 2.05) is 13.2 Å². The first-order valence-electron chi connectivity index (χ1n) is 6.08. The van der Waals surface area contributed by atoms with E-state index < -0.39 is 0 Å². The molecule has 18 heavy (non-hydrogen) atoms. The third-order valence-corrected chi connectivity index (χ3v) is 3.23. The van der Waals surface area contributed by atoms with E-state index in [-0.39, 0.29) is 5.60 Å². The van der Waals surface area contributed by atoms with Crippen molar-refractivity contribution < 1.29 is 4.74 Å². The van der Waals surface area contributed by atoms with Crippen LogP contribution in [-0.4, -0.2) is 45.0 Å². The summed E-state index contributed by atoms with van der Waals surface area (Å²) < 4.78 is 7.50. The molecule has 0 bridgehead atoms. The van der Waals surface area contributed by atoms with Gasteiger partial charge in [-0.15, -0.1) is 0 Å². The Labute approximate surface area is 106 Å². The van der Waals surface area contributed by atoms with Crippen molar-refractivity contribution in [1.29, 1.82) is 0 Å². The minimum Gasteiger partial charge on any atom is -0.372 e. The van der Waals surface area contributed by atoms with Gasteiger partial charge in [0.1, 0.15) is 12.1 Å². The zero-order valence-corrected chi connectivity index (χ0v) is 10.9. The molecule has 0 radical (unpaired) electrons. The van der Waals surface area contributed by atoms with Crippen LogP contribution in [0, 0.1) is 0 Å². The molecule has 0 saturated carbocycles. The molecule has 0 amide bonds. The van der Waals surface area contributed by atoms with E-state index in [1.165, 1.54) is 0 Å². The molecule has 0 spiro atoms. The number of rotatable bonds is 1. The SMILES string of the molecule is Cn1ncc2c(N3CCOC(C)(C)C3)ncnc21. The summed E-state index contributed by atoms with van der Waals surface area (Å²) in [7, 11) is 1.89. The molecule has 3 heterocycles. The van der Waals surface area contributed by atoms with E-state index in [1.54, 1.807) is 11.0 Å². The Morgan fingerprint density at radius 2 is 2.17 bits per heavy atom. The Kier molecular flexibility index (Phi) is 2.48. The first kappa shape index (κ1) is 11.4. The minimum atomic E-state index is -0.141. The molecule has 0 N–H and O–H groups in total. The second-order valence-corrected chi connectivity index (χ2v) is 5.23. The number of fused-ring (bicyclic) bond motifs is 1. The monoisotopic (exact) mass is 247 g/mol. The Balaban J connectivity index is 2.04. The highest BCUT2D eigenvalue weighted by Crippen LogP contribution is 2.26. The van der Waals surface area contributed by atoms with Crippen molar-refractivity contribution in [3.63, 3.8) is 0 Å². The van der Waals surface area contributed by atoms with Gasteiger partial charge in [-0.05, 0) is 13.8 Å². The molecule has 1 fully saturated rings. The summed E-state index contributed by atoms with van der Waals surface area (Å²) >= 11 is 0. The molecule has 0 unspecified atom stereocenters. The molecule has 2 aromatic rings. The van der Waals surface area contributed by atoms with Gasteiger partial charge < -0.3 is 9.64 Å². The lowest BCUT2D eigenvalue weighted by molar-refractivity contribution is -0.0278. The predicted molar refractivity (Wildman–Crippen MR) is 68.5 cm³/mol. The molecule has 3 rings (SSSR count). The Morgan fingerprint density at radius 3 is 2.94 bits per heavy atom. The molecule has 1 aliphatic heterocycles. The van der Waals surface area contributed by atoms with Crippen molar-refractivity contribution >= 4 is 16.9 Å². The third kappa shape index (κ3) is 1.82. The molecule has 1 saturated heterocycles. The summed E-state index contributed by atoms with van der Waals surface area (Å²) in [5.74, 6) is 0.949. The molecule has 1 aliphatic rings. The summed E-state index contributed by atoms with van der Waals surface area (Å²) in [5, 5.41) is 5.24. The number of hydrogen-bond acceptors (Lipinski definition) is 5. The van der Waals surface area contributed by atoms with Crippen LogP contribution in [-0.2, 0) is 11.8 Å². The lowest BCUT2D eigenvalue weighted by Crippen LogP contribution is -2.48. The van der Waals surface area contributed by atoms with Crippen LogP contribution in [0.25, 0.3) is 11.0 Å². The van der Waals surface area contributed by atoms with E-state index >= 15 is 0 Å². The van der Waals surface area contributed by atoms with Crippen LogP contribution in [0.2, 0.25) is 0 Å². The molecule has 96 valence electrons. The lowest BCUT2D eigenvalue weighted by atomic mass is 10.1. The molecule has 2 aromatic heterocycles. The first-order valence-corrected chi connectivity index (χ1v) is 6.08. The molecular weight excluding hydrogens is 230 g/mol. The number of ether oxygens (including phenoxy) is 1. The van der Waals surface area contributed by atoms with Gasteiger partial charge in [0.15, 0.2) is 5.65 Å². The van der Waals surface area contributed by atoms with Crippen molar-refractivity contribution in [3.05, 3.63) is 12.5 Å². The van der Waals surface area contributed by atoms with E-state index in [2.05, 4.69) is 33.8 Å². The van der Waals surface area contributed by atoms with Gasteiger partial charge in [-0.2, -0.15) is 5.10 Å². The molecule has 0 aromatic carbocycles. The highest BCUT2D eigenvalue weighted by atomic mass is 16.5. The van der Waals surface area contributed by atoms with E-state index in [0.717, 1.165) is 36.5 Å². The van der Waals surface area contributed by atoms with Crippen LogP contribution >= 0.6 is 0 Å². The number of aryl methyl sites for hydroxylation is 1. The van der Waals surface area contributed by atoms with Crippen LogP contribution < -0.4 is 4.90 Å². The maximum atomic E-state index is 5.73. The summed E-state index contributed by atoms with van der Waals surface area (Å²) in [6.07, 6.45) is 3.43. The first-order chi connectivity index (χ1) is 8.57. The predicted octanol–water partition coefficient (Wildman–Crippen LogP) is 0.978. The van der Waals surface area contributed by atoms with Gasteiger partial charge in [0.05, 0.1) is 23.8 Å². The molecule has 0 atom stereocenters. The summed E-state index contributed by atoms with van der Waals surface area (Å²) in [4.78, 5) is 10.9. The van der Waals surface area contributed by atoms with Gasteiger partial charge in [-0.3, -0.25) is 4.68 Å². The van der Waals surface area contributed by atoms with Gasteiger partial charge in [-0.25, -0.2) is 9.97 Å². The Hall–Kier alpha value is -1.69. The van der Waals surface area contributed by atoms with Gasteiger partial charge in [-0.1, -0.05) is 0 Å². The van der Waals surface area contributed by atoms with E-state index in [0.29, 0.717) is 0 Å². The van der Waals surface area contributed by atoms with E-state index in [9.17, 15) is 0 Å². The van der Waals surface area contributed by atoms with Crippen molar-refractivity contribution in [2.75, 3.05) is 24.6 Å². The van der Waals surface area contributed by atoms with Gasteiger partial charge in [0.2, 0.25) is 0 Å². The van der Waals surface area contributed by atoms with Gasteiger partial charge in [0.25, 0.3) is 0 Å². The minimum absolute atomic E-state index is 0.141. The zero-order chi connectivity index (χ0) is 12.8. The number of aromatic nitrogens is 4. The molecule has 6 nitrogen and oxygen atoms in total. The Bertz CT molecular complexity index is 577. The second kappa shape index (κ2) is 3.91. The fourth-order valence-electron chi connectivity index (χ4n) is 2.40. The largest absolute Gasteiger partial charge is 0.372 e. The molecule has 0 aliphatic carbocycles. The van der Waals surface area contributed by atoms with Crippen LogP contribution in [0.3, 0.4) is 0 Å². The van der Waals surface area contributed by atoms with Gasteiger partial charge >= 0.3 is 0 Å². The zero-order valence-electron chi connectivity index (χ0n) is 10.9. The normalized spacial score (nSPS) is 19.4. The van der Waals surface area contributed by atoms with Crippen molar-refractivity contribution in [2.45, 2.75) is 19.4 Å². The van der Waals surface area contributed by atoms with Crippen molar-refractivity contribution in [3.8, 4) is 0 Å². The van der Waals surface area contributed by atoms with Crippen LogP contribution in [0.4, 0.5) is 5.82 Å². The fourth-order valence-corrected chi connectivity index (χ4v) is 2.40. The highest BCUT2D eigenvalue weighted by molar-refractivity contribution is 5.86. The van der Waals surface area contributed by atoms with Crippen LogP contribution in [0.15, 0.2) is 12.5 Å². The highest BCUT2D eigenvalue weighted by Gasteiger charge is 2.29. The van der Waals surface area contributed by atoms with Crippen LogP contribution in [0.1, 0.15) is 13.8 Å². The maximum absolute atomic E-state index is 5.73. The van der Waals surface area contributed by atoms with Crippen molar-refractivity contribution in [1.82, 2.24) is 19.7 Å². The number of morpholine rings is 1. The number of nitrogens with zero attached hydrogens (tertiary/aromatic N) is 5. The fraction of sp³-hybridized carbons (Fsp3) is 0.583. The molecular formula is C12H17N5O. The number of anilines is 1. The lowest BCUT2D eigenvalue weighted by Gasteiger charge is -2.38. The topological polar surface area (TPSA) is 56.1 Å².